The van der Waals surface area contributed by atoms with E-state index in [9.17, 15) is 9.59 Å². The van der Waals surface area contributed by atoms with Crippen LogP contribution in [0.15, 0.2) is 96.1 Å². The minimum atomic E-state index is -0.0398. The Bertz CT molecular complexity index is 3030. The molecule has 0 amide bonds. The highest BCUT2D eigenvalue weighted by Crippen LogP contribution is 2.69. The van der Waals surface area contributed by atoms with Gasteiger partial charge in [0, 0.05) is 36.8 Å². The van der Waals surface area contributed by atoms with Gasteiger partial charge in [-0.05, 0) is 255 Å². The van der Waals surface area contributed by atoms with Crippen molar-refractivity contribution < 1.29 is 28.5 Å². The number of carbonyl (C=O) groups is 2. The average Bonchev–Trinajstić information content (AvgIpc) is 1.33. The lowest BCUT2D eigenvalue weighted by Gasteiger charge is -2.58. The Kier molecular flexibility index (Phi) is 21.3. The zero-order valence-electron chi connectivity index (χ0n) is 59.2. The molecule has 0 spiro atoms. The summed E-state index contributed by atoms with van der Waals surface area (Å²) in [5.41, 5.74) is 6.79. The molecule has 6 nitrogen and oxygen atoms in total. The summed E-state index contributed by atoms with van der Waals surface area (Å²) in [4.78, 5) is 27.0. The molecule has 0 N–H and O–H groups in total. The molecule has 0 bridgehead atoms. The summed E-state index contributed by atoms with van der Waals surface area (Å²) in [6.45, 7) is 26.4. The average molecular weight is 1250 g/mol. The monoisotopic (exact) mass is 1250 g/mol. The van der Waals surface area contributed by atoms with Gasteiger partial charge in [0.1, 0.15) is 23.7 Å². The van der Waals surface area contributed by atoms with Crippen LogP contribution in [0.1, 0.15) is 262 Å². The van der Waals surface area contributed by atoms with Crippen LogP contribution in [0.25, 0.3) is 32.7 Å². The summed E-state index contributed by atoms with van der Waals surface area (Å²) < 4.78 is 26.2. The third-order valence-corrected chi connectivity index (χ3v) is 27.7. The lowest BCUT2D eigenvalue weighted by atomic mass is 9.47. The van der Waals surface area contributed by atoms with Crippen molar-refractivity contribution in [2.75, 3.05) is 13.2 Å². The van der Waals surface area contributed by atoms with Crippen LogP contribution < -0.4 is 9.47 Å². The highest BCUT2D eigenvalue weighted by atomic mass is 16.5. The molecular formula is C86H122O6. The number of allylic oxidation sites excluding steroid dienone is 2. The van der Waals surface area contributed by atoms with Gasteiger partial charge in [-0.15, -0.1) is 0 Å². The van der Waals surface area contributed by atoms with Crippen LogP contribution in [-0.4, -0.2) is 37.4 Å². The lowest BCUT2D eigenvalue weighted by Crippen LogP contribution is -2.51. The smallest absolute Gasteiger partial charge is 0.306 e. The highest BCUT2D eigenvalue weighted by molar-refractivity contribution is 6.09. The fourth-order valence-corrected chi connectivity index (χ4v) is 22.7. The number of unbranched alkanes of at least 4 members (excludes halogenated alkanes) is 4. The Morgan fingerprint density at radius 1 is 0.446 bits per heavy atom. The van der Waals surface area contributed by atoms with E-state index in [0.717, 1.165) is 192 Å². The molecule has 0 radical (unpaired) electrons. The molecule has 0 saturated heterocycles. The van der Waals surface area contributed by atoms with Crippen molar-refractivity contribution in [3.63, 3.8) is 0 Å². The Morgan fingerprint density at radius 2 is 0.870 bits per heavy atom. The van der Waals surface area contributed by atoms with Gasteiger partial charge in [0.25, 0.3) is 0 Å². The molecule has 92 heavy (non-hydrogen) atoms. The van der Waals surface area contributed by atoms with Crippen molar-refractivity contribution in [1.29, 1.82) is 0 Å². The van der Waals surface area contributed by atoms with E-state index in [1.807, 2.05) is 0 Å². The largest absolute Gasteiger partial charge is 0.493 e. The van der Waals surface area contributed by atoms with E-state index in [1.165, 1.54) is 103 Å². The van der Waals surface area contributed by atoms with Crippen molar-refractivity contribution in [2.24, 2.45) is 92.7 Å². The first-order valence-electron chi connectivity index (χ1n) is 38.4. The summed E-state index contributed by atoms with van der Waals surface area (Å²) in [7, 11) is 0. The highest BCUT2D eigenvalue weighted by Gasteiger charge is 2.61. The van der Waals surface area contributed by atoms with Gasteiger partial charge in [0.05, 0.1) is 13.2 Å². The van der Waals surface area contributed by atoms with Crippen LogP contribution in [0.3, 0.4) is 0 Å². The first kappa shape index (κ1) is 67.4. The molecule has 6 heteroatoms. The molecule has 4 aromatic carbocycles. The van der Waals surface area contributed by atoms with Crippen LogP contribution in [0.4, 0.5) is 0 Å². The second kappa shape index (κ2) is 29.0. The minimum absolute atomic E-state index is 0.00239. The number of esters is 2. The number of carbonyl (C=O) groups excluding carboxylic acids is 2. The van der Waals surface area contributed by atoms with Crippen molar-refractivity contribution >= 4 is 33.5 Å². The van der Waals surface area contributed by atoms with Gasteiger partial charge in [-0.3, -0.25) is 9.59 Å². The maximum Gasteiger partial charge on any atom is 0.306 e. The van der Waals surface area contributed by atoms with Crippen molar-refractivity contribution in [2.45, 2.75) is 274 Å². The molecule has 0 aliphatic heterocycles. The molecule has 6 saturated carbocycles. The Balaban J connectivity index is 0.595. The van der Waals surface area contributed by atoms with Crippen molar-refractivity contribution in [3.05, 3.63) is 96.1 Å². The van der Waals surface area contributed by atoms with Crippen molar-refractivity contribution in [3.8, 4) is 22.6 Å². The van der Waals surface area contributed by atoms with Crippen LogP contribution in [-0.2, 0) is 19.1 Å². The number of fused-ring (bicyclic) bond motifs is 12. The molecule has 0 unspecified atom stereocenters. The van der Waals surface area contributed by atoms with Gasteiger partial charge >= 0.3 is 11.9 Å². The third kappa shape index (κ3) is 13.9. The molecular weight excluding hydrogens is 1130 g/mol. The predicted molar refractivity (Wildman–Crippen MR) is 381 cm³/mol. The van der Waals surface area contributed by atoms with E-state index in [4.69, 9.17) is 18.9 Å². The maximum atomic E-state index is 13.5. The van der Waals surface area contributed by atoms with E-state index in [0.29, 0.717) is 36.9 Å². The Labute approximate surface area is 557 Å². The van der Waals surface area contributed by atoms with Gasteiger partial charge in [0.2, 0.25) is 0 Å². The molecule has 0 aromatic heterocycles. The first-order valence-corrected chi connectivity index (χ1v) is 38.4. The van der Waals surface area contributed by atoms with E-state index in [2.05, 4.69) is 154 Å². The lowest BCUT2D eigenvalue weighted by molar-refractivity contribution is -0.152. The molecule has 6 fully saturated rings. The minimum Gasteiger partial charge on any atom is -0.493 e. The Morgan fingerprint density at radius 3 is 1.29 bits per heavy atom. The molecule has 502 valence electrons. The van der Waals surface area contributed by atoms with Crippen LogP contribution in [0.2, 0.25) is 0 Å². The fraction of sp³-hybridized carbons (Fsp3) is 0.698. The molecule has 12 rings (SSSR count). The molecule has 0 heterocycles. The molecule has 8 aliphatic rings. The number of ether oxygens (including phenoxy) is 4. The Hall–Kier alpha value is -4.58. The topological polar surface area (TPSA) is 71.1 Å². The van der Waals surface area contributed by atoms with Crippen LogP contribution >= 0.6 is 0 Å². The maximum absolute atomic E-state index is 13.5. The normalized spacial score (nSPS) is 33.0. The molecule has 8 aliphatic carbocycles. The number of benzene rings is 4. The van der Waals surface area contributed by atoms with Gasteiger partial charge in [0.15, 0.2) is 0 Å². The van der Waals surface area contributed by atoms with E-state index in [1.54, 1.807) is 11.1 Å². The van der Waals surface area contributed by atoms with Gasteiger partial charge in [-0.1, -0.05) is 192 Å². The van der Waals surface area contributed by atoms with E-state index < -0.39 is 0 Å². The third-order valence-electron chi connectivity index (χ3n) is 27.7. The summed E-state index contributed by atoms with van der Waals surface area (Å²) >= 11 is 0. The zero-order chi connectivity index (χ0) is 64.4. The van der Waals surface area contributed by atoms with Crippen LogP contribution in [0.5, 0.6) is 11.5 Å². The summed E-state index contributed by atoms with van der Waals surface area (Å²) in [5.74, 6) is 11.6. The molecule has 16 atom stereocenters. The number of rotatable bonds is 27. The van der Waals surface area contributed by atoms with Gasteiger partial charge in [-0.25, -0.2) is 0 Å². The predicted octanol–water partition coefficient (Wildman–Crippen LogP) is 23.4. The molecule has 4 aromatic rings. The van der Waals surface area contributed by atoms with Gasteiger partial charge in [-0.2, -0.15) is 0 Å². The number of hydrogen-bond acceptors (Lipinski definition) is 6. The zero-order valence-corrected chi connectivity index (χ0v) is 59.2. The summed E-state index contributed by atoms with van der Waals surface area (Å²) in [6, 6.07) is 25.8. The second-order valence-electron chi connectivity index (χ2n) is 33.9. The first-order chi connectivity index (χ1) is 44.4. The second-order valence-corrected chi connectivity index (χ2v) is 33.9. The van der Waals surface area contributed by atoms with Gasteiger partial charge < -0.3 is 18.9 Å². The number of hydrogen-bond donors (Lipinski definition) is 0. The van der Waals surface area contributed by atoms with E-state index in [-0.39, 0.29) is 35.0 Å². The van der Waals surface area contributed by atoms with Crippen molar-refractivity contribution in [1.82, 2.24) is 0 Å². The summed E-state index contributed by atoms with van der Waals surface area (Å²) in [5, 5.41) is 4.56. The standard InChI is InChI=1S/C86H122O6/c1-57(2)23-21-25-59(5)71-39-41-73-69-37-35-63-55-65(45-49-83(63,7)75(69)47-51-85(71,73)9)91-79(87)31-13-11-19-53-89-77-43-33-61-27-15-17-29-67(61)81(77)82-68-30-18-16-28-62(68)34-44-78(82)90-54-20-12-14-32-80(88)92-66-46-50-84(8)64(56-66)36-38-70-74-42-40-72(60(6)26-22-24-58(3)4)86(74,10)52-48-76(70)84/h15-18,27-30,33-36,43-44,57-60,65-66,69-76H,11-14,19-26,31-32,37-42,45-56H2,1-10H3/t59-,60-,65+,66+,69+,70+,71-,72-,73+,74+,75+,76+,83+,84+,85-,86-/m1/s1. The quantitative estimate of drug-likeness (QED) is 0.0337. The van der Waals surface area contributed by atoms with Crippen LogP contribution in [0, 0.1) is 92.7 Å². The summed E-state index contributed by atoms with van der Waals surface area (Å²) in [6.07, 6.45) is 39.4. The SMILES string of the molecule is CC(C)CCC[C@@H](C)[C@H]1CC[C@H]2[C@@H]3CC=C4C[C@@H](OC(=O)CCCCCOc5ccc6ccccc6c5-c5c(OCCCCCC(=O)O[C@H]6CC[C@@]7(C)C(=CC[C@H]8[C@@H]9CC[C@H]([C@H](C)CCCC(C)C)[C@@]9(C)CC[C@@H]87)C6)ccc6ccccc56)CC[C@]4(C)[C@H]3CC[C@]12C. The fourth-order valence-electron chi connectivity index (χ4n) is 22.7. The van der Waals surface area contributed by atoms with E-state index >= 15 is 0 Å².